The number of carbonyl (C=O) groups excluding carboxylic acids is 2. The smallest absolute Gasteiger partial charge is 0.324 e. The van der Waals surface area contributed by atoms with E-state index in [4.69, 9.17) is 0 Å². The van der Waals surface area contributed by atoms with Crippen LogP contribution in [0.3, 0.4) is 0 Å². The Hall–Kier alpha value is -3.09. The Morgan fingerprint density at radius 1 is 1.14 bits per heavy atom. The summed E-state index contributed by atoms with van der Waals surface area (Å²) in [5.41, 5.74) is 1.43. The van der Waals surface area contributed by atoms with Gasteiger partial charge in [0, 0.05) is 30.7 Å². The Morgan fingerprint density at radius 3 is 2.59 bits per heavy atom. The Balaban J connectivity index is 1.61. The quantitative estimate of drug-likeness (QED) is 0.812. The second-order valence-corrected chi connectivity index (χ2v) is 4.72. The molecule has 0 bridgehead atoms. The zero-order valence-electron chi connectivity index (χ0n) is 11.7. The standard InChI is InChI=1S/C15H15N5O2/c21-14(19-13-3-1-2-8-16-13)18-11-4-6-12(7-5-11)20-10-9-17-15(20)22/h1-8H,9-10H2,(H,17,22)(H2,16,18,19,21). The van der Waals surface area contributed by atoms with E-state index in [-0.39, 0.29) is 12.1 Å². The number of urea groups is 2. The lowest BCUT2D eigenvalue weighted by molar-refractivity contribution is 0.252. The van der Waals surface area contributed by atoms with Crippen molar-refractivity contribution in [3.8, 4) is 0 Å². The summed E-state index contributed by atoms with van der Waals surface area (Å²) in [6.45, 7) is 1.29. The number of amides is 4. The van der Waals surface area contributed by atoms with Crippen LogP contribution in [0.2, 0.25) is 0 Å². The van der Waals surface area contributed by atoms with Gasteiger partial charge < -0.3 is 10.6 Å². The van der Waals surface area contributed by atoms with Gasteiger partial charge in [-0.05, 0) is 36.4 Å². The van der Waals surface area contributed by atoms with Crippen LogP contribution in [0, 0.1) is 0 Å². The highest BCUT2D eigenvalue weighted by atomic mass is 16.2. The van der Waals surface area contributed by atoms with Crippen LogP contribution in [0.15, 0.2) is 48.7 Å². The fourth-order valence-electron chi connectivity index (χ4n) is 2.16. The fourth-order valence-corrected chi connectivity index (χ4v) is 2.16. The molecule has 1 aliphatic rings. The van der Waals surface area contributed by atoms with Gasteiger partial charge in [-0.3, -0.25) is 10.2 Å². The maximum atomic E-state index is 11.8. The van der Waals surface area contributed by atoms with Crippen LogP contribution in [0.4, 0.5) is 26.8 Å². The minimum Gasteiger partial charge on any atom is -0.336 e. The van der Waals surface area contributed by atoms with Crippen molar-refractivity contribution in [1.29, 1.82) is 0 Å². The highest BCUT2D eigenvalue weighted by molar-refractivity contribution is 5.99. The monoisotopic (exact) mass is 297 g/mol. The summed E-state index contributed by atoms with van der Waals surface area (Å²) in [6.07, 6.45) is 1.60. The second kappa shape index (κ2) is 6.13. The molecular formula is C15H15N5O2. The van der Waals surface area contributed by atoms with Gasteiger partial charge in [0.25, 0.3) is 0 Å². The minimum absolute atomic E-state index is 0.103. The molecule has 1 aliphatic heterocycles. The first-order valence-electron chi connectivity index (χ1n) is 6.87. The molecule has 0 aliphatic carbocycles. The van der Waals surface area contributed by atoms with Crippen LogP contribution < -0.4 is 20.9 Å². The third kappa shape index (κ3) is 3.14. The molecule has 1 saturated heterocycles. The van der Waals surface area contributed by atoms with Crippen molar-refractivity contribution in [3.05, 3.63) is 48.7 Å². The van der Waals surface area contributed by atoms with Gasteiger partial charge in [-0.15, -0.1) is 0 Å². The number of pyridine rings is 1. The molecule has 0 radical (unpaired) electrons. The first-order valence-corrected chi connectivity index (χ1v) is 6.87. The van der Waals surface area contributed by atoms with Gasteiger partial charge in [-0.2, -0.15) is 0 Å². The third-order valence-corrected chi connectivity index (χ3v) is 3.20. The first-order chi connectivity index (χ1) is 10.7. The molecule has 2 heterocycles. The molecule has 0 spiro atoms. The summed E-state index contributed by atoms with van der Waals surface area (Å²) < 4.78 is 0. The van der Waals surface area contributed by atoms with Gasteiger partial charge in [-0.25, -0.2) is 14.6 Å². The van der Waals surface area contributed by atoms with Gasteiger partial charge in [0.2, 0.25) is 0 Å². The van der Waals surface area contributed by atoms with E-state index in [2.05, 4.69) is 20.9 Å². The number of hydrogen-bond acceptors (Lipinski definition) is 3. The minimum atomic E-state index is -0.370. The van der Waals surface area contributed by atoms with Crippen LogP contribution in [0.25, 0.3) is 0 Å². The van der Waals surface area contributed by atoms with Crippen molar-refractivity contribution in [2.24, 2.45) is 0 Å². The summed E-state index contributed by atoms with van der Waals surface area (Å²) in [4.78, 5) is 29.1. The number of aromatic nitrogens is 1. The predicted octanol–water partition coefficient (Wildman–Crippen LogP) is 2.26. The molecule has 7 nitrogen and oxygen atoms in total. The van der Waals surface area contributed by atoms with E-state index in [0.29, 0.717) is 24.6 Å². The van der Waals surface area contributed by atoms with Gasteiger partial charge in [0.1, 0.15) is 5.82 Å². The third-order valence-electron chi connectivity index (χ3n) is 3.20. The number of hydrogen-bond donors (Lipinski definition) is 3. The summed E-state index contributed by atoms with van der Waals surface area (Å²) in [5.74, 6) is 0.477. The van der Waals surface area contributed by atoms with Gasteiger partial charge in [0.15, 0.2) is 0 Å². The van der Waals surface area contributed by atoms with Crippen molar-refractivity contribution in [2.75, 3.05) is 28.6 Å². The molecule has 2 aromatic rings. The Morgan fingerprint density at radius 2 is 1.95 bits per heavy atom. The van der Waals surface area contributed by atoms with Crippen LogP contribution in [0.5, 0.6) is 0 Å². The second-order valence-electron chi connectivity index (χ2n) is 4.72. The van der Waals surface area contributed by atoms with Crippen molar-refractivity contribution in [3.63, 3.8) is 0 Å². The molecule has 112 valence electrons. The van der Waals surface area contributed by atoms with Crippen LogP contribution in [-0.4, -0.2) is 30.1 Å². The van der Waals surface area contributed by atoms with Crippen molar-refractivity contribution >= 4 is 29.3 Å². The van der Waals surface area contributed by atoms with E-state index in [0.717, 1.165) is 5.69 Å². The number of nitrogens with one attached hydrogen (secondary N) is 3. The lowest BCUT2D eigenvalue weighted by Crippen LogP contribution is -2.27. The highest BCUT2D eigenvalue weighted by Gasteiger charge is 2.20. The topological polar surface area (TPSA) is 86.4 Å². The largest absolute Gasteiger partial charge is 0.336 e. The average molecular weight is 297 g/mol. The van der Waals surface area contributed by atoms with Crippen LogP contribution in [0.1, 0.15) is 0 Å². The molecule has 1 fully saturated rings. The van der Waals surface area contributed by atoms with E-state index in [1.165, 1.54) is 0 Å². The number of anilines is 3. The molecular weight excluding hydrogens is 282 g/mol. The molecule has 0 atom stereocenters. The van der Waals surface area contributed by atoms with Crippen molar-refractivity contribution in [1.82, 2.24) is 10.3 Å². The van der Waals surface area contributed by atoms with Crippen LogP contribution in [-0.2, 0) is 0 Å². The molecule has 4 amide bonds. The molecule has 7 heteroatoms. The summed E-state index contributed by atoms with van der Waals surface area (Å²) in [5, 5.41) is 8.08. The lowest BCUT2D eigenvalue weighted by Gasteiger charge is -2.14. The SMILES string of the molecule is O=C(Nc1ccc(N2CCNC2=O)cc1)Nc1ccccn1. The first kappa shape index (κ1) is 13.9. The zero-order chi connectivity index (χ0) is 15.4. The lowest BCUT2D eigenvalue weighted by atomic mass is 10.2. The average Bonchev–Trinajstić information content (AvgIpc) is 2.95. The highest BCUT2D eigenvalue weighted by Crippen LogP contribution is 2.19. The number of benzene rings is 1. The summed E-state index contributed by atoms with van der Waals surface area (Å²) in [7, 11) is 0. The Kier molecular flexibility index (Phi) is 3.86. The fraction of sp³-hybridized carbons (Fsp3) is 0.133. The van der Waals surface area contributed by atoms with E-state index in [1.807, 2.05) is 0 Å². The summed E-state index contributed by atoms with van der Waals surface area (Å²) >= 11 is 0. The molecule has 3 N–H and O–H groups in total. The summed E-state index contributed by atoms with van der Waals surface area (Å²) in [6, 6.07) is 11.9. The Labute approximate surface area is 127 Å². The molecule has 22 heavy (non-hydrogen) atoms. The molecule has 0 unspecified atom stereocenters. The van der Waals surface area contributed by atoms with Crippen molar-refractivity contribution in [2.45, 2.75) is 0 Å². The molecule has 1 aromatic heterocycles. The zero-order valence-corrected chi connectivity index (χ0v) is 11.7. The number of rotatable bonds is 3. The number of nitrogens with zero attached hydrogens (tertiary/aromatic N) is 2. The molecule has 3 rings (SSSR count). The molecule has 1 aromatic carbocycles. The van der Waals surface area contributed by atoms with Crippen LogP contribution >= 0.6 is 0 Å². The van der Waals surface area contributed by atoms with Crippen molar-refractivity contribution < 1.29 is 9.59 Å². The van der Waals surface area contributed by atoms with E-state index in [1.54, 1.807) is 53.6 Å². The van der Waals surface area contributed by atoms with Gasteiger partial charge >= 0.3 is 12.1 Å². The van der Waals surface area contributed by atoms with E-state index < -0.39 is 0 Å². The van der Waals surface area contributed by atoms with Gasteiger partial charge in [0.05, 0.1) is 0 Å². The van der Waals surface area contributed by atoms with E-state index >= 15 is 0 Å². The molecule has 0 saturated carbocycles. The normalized spacial score (nSPS) is 13.6. The predicted molar refractivity (Wildman–Crippen MR) is 84.1 cm³/mol. The maximum Gasteiger partial charge on any atom is 0.324 e. The van der Waals surface area contributed by atoms with E-state index in [9.17, 15) is 9.59 Å². The number of carbonyl (C=O) groups is 2. The van der Waals surface area contributed by atoms with Gasteiger partial charge in [-0.1, -0.05) is 6.07 Å². The maximum absolute atomic E-state index is 11.8. The Bertz CT molecular complexity index is 672.